The van der Waals surface area contributed by atoms with Crippen LogP contribution in [0.3, 0.4) is 0 Å². The van der Waals surface area contributed by atoms with Crippen LogP contribution >= 0.6 is 15.9 Å². The predicted molar refractivity (Wildman–Crippen MR) is 80.5 cm³/mol. The molecule has 0 aliphatic carbocycles. The van der Waals surface area contributed by atoms with Gasteiger partial charge in [-0.05, 0) is 50.2 Å². The van der Waals surface area contributed by atoms with Crippen LogP contribution in [0.5, 0.6) is 0 Å². The molecule has 1 fully saturated rings. The number of likely N-dealkylation sites (tertiary alicyclic amines) is 1. The molecule has 0 saturated carbocycles. The SMILES string of the molecule is C=C1C=C(C2CCCN2C)Nc2cc(Br)ccc21. The maximum absolute atomic E-state index is 4.18. The third-order valence-electron chi connectivity index (χ3n) is 3.82. The van der Waals surface area contributed by atoms with Crippen molar-refractivity contribution in [1.82, 2.24) is 4.90 Å². The van der Waals surface area contributed by atoms with E-state index in [4.69, 9.17) is 0 Å². The van der Waals surface area contributed by atoms with Crippen molar-refractivity contribution in [3.05, 3.63) is 46.6 Å². The summed E-state index contributed by atoms with van der Waals surface area (Å²) >= 11 is 3.53. The van der Waals surface area contributed by atoms with Crippen LogP contribution < -0.4 is 5.32 Å². The van der Waals surface area contributed by atoms with E-state index < -0.39 is 0 Å². The van der Waals surface area contributed by atoms with E-state index in [1.807, 2.05) is 0 Å². The normalized spacial score (nSPS) is 23.6. The molecule has 1 aromatic rings. The summed E-state index contributed by atoms with van der Waals surface area (Å²) in [6.45, 7) is 5.36. The zero-order valence-corrected chi connectivity index (χ0v) is 12.1. The first kappa shape index (κ1) is 12.0. The lowest BCUT2D eigenvalue weighted by Gasteiger charge is -2.28. The Hall–Kier alpha value is -1.06. The Morgan fingerprint density at radius 2 is 2.28 bits per heavy atom. The van der Waals surface area contributed by atoms with Crippen LogP contribution in [-0.4, -0.2) is 24.5 Å². The smallest absolute Gasteiger partial charge is 0.0496 e. The van der Waals surface area contributed by atoms with E-state index >= 15 is 0 Å². The average Bonchev–Trinajstić information content (AvgIpc) is 2.74. The highest BCUT2D eigenvalue weighted by atomic mass is 79.9. The number of nitrogens with zero attached hydrogens (tertiary/aromatic N) is 1. The van der Waals surface area contributed by atoms with Gasteiger partial charge in [0.15, 0.2) is 0 Å². The molecule has 2 nitrogen and oxygen atoms in total. The Bertz CT molecular complexity index is 533. The minimum atomic E-state index is 0.508. The minimum Gasteiger partial charge on any atom is -0.357 e. The van der Waals surface area contributed by atoms with Gasteiger partial charge in [0.1, 0.15) is 0 Å². The predicted octanol–water partition coefficient (Wildman–Crippen LogP) is 3.87. The number of rotatable bonds is 1. The van der Waals surface area contributed by atoms with E-state index in [-0.39, 0.29) is 0 Å². The van der Waals surface area contributed by atoms with Crippen LogP contribution in [-0.2, 0) is 0 Å². The number of nitrogens with one attached hydrogen (secondary N) is 1. The standard InChI is InChI=1S/C15H17BrN2/c1-10-8-14(15-4-3-7-18(15)2)17-13-9-11(16)5-6-12(10)13/h5-6,8-9,15,17H,1,3-4,7H2,2H3. The first-order valence-electron chi connectivity index (χ1n) is 6.33. The molecule has 0 spiro atoms. The molecule has 3 rings (SSSR count). The van der Waals surface area contributed by atoms with E-state index in [2.05, 4.69) is 64.0 Å². The molecule has 1 N–H and O–H groups in total. The number of allylic oxidation sites excluding steroid dienone is 2. The van der Waals surface area contributed by atoms with Gasteiger partial charge in [-0.25, -0.2) is 0 Å². The van der Waals surface area contributed by atoms with Gasteiger partial charge in [-0.2, -0.15) is 0 Å². The van der Waals surface area contributed by atoms with Gasteiger partial charge in [-0.3, -0.25) is 4.90 Å². The number of fused-ring (bicyclic) bond motifs is 1. The van der Waals surface area contributed by atoms with E-state index in [1.165, 1.54) is 30.6 Å². The van der Waals surface area contributed by atoms with Crippen LogP contribution in [0.15, 0.2) is 41.0 Å². The van der Waals surface area contributed by atoms with Crippen molar-refractivity contribution in [2.24, 2.45) is 0 Å². The van der Waals surface area contributed by atoms with Crippen molar-refractivity contribution in [2.45, 2.75) is 18.9 Å². The maximum atomic E-state index is 4.18. The number of benzene rings is 1. The average molecular weight is 305 g/mol. The third kappa shape index (κ3) is 2.02. The summed E-state index contributed by atoms with van der Waals surface area (Å²) in [6.07, 6.45) is 4.70. The van der Waals surface area contributed by atoms with E-state index in [1.54, 1.807) is 0 Å². The van der Waals surface area contributed by atoms with Crippen molar-refractivity contribution >= 4 is 27.2 Å². The second-order valence-electron chi connectivity index (χ2n) is 5.08. The first-order chi connectivity index (χ1) is 8.65. The fraction of sp³-hybridized carbons (Fsp3) is 0.333. The van der Waals surface area contributed by atoms with Crippen molar-refractivity contribution in [3.8, 4) is 0 Å². The molecular formula is C15H17BrN2. The number of hydrogen-bond acceptors (Lipinski definition) is 2. The summed E-state index contributed by atoms with van der Waals surface area (Å²) in [6, 6.07) is 6.81. The van der Waals surface area contributed by atoms with Gasteiger partial charge in [0.2, 0.25) is 0 Å². The number of halogens is 1. The van der Waals surface area contributed by atoms with E-state index in [9.17, 15) is 0 Å². The van der Waals surface area contributed by atoms with Gasteiger partial charge in [0.05, 0.1) is 0 Å². The zero-order chi connectivity index (χ0) is 12.7. The van der Waals surface area contributed by atoms with Crippen LogP contribution in [0.4, 0.5) is 5.69 Å². The molecule has 94 valence electrons. The molecule has 0 amide bonds. The first-order valence-corrected chi connectivity index (χ1v) is 7.12. The second kappa shape index (κ2) is 4.56. The quantitative estimate of drug-likeness (QED) is 0.847. The number of likely N-dealkylation sites (N-methyl/N-ethyl adjacent to an activating group) is 1. The molecule has 1 atom stereocenters. The van der Waals surface area contributed by atoms with Gasteiger partial charge in [0, 0.05) is 27.5 Å². The van der Waals surface area contributed by atoms with Crippen LogP contribution in [0.2, 0.25) is 0 Å². The van der Waals surface area contributed by atoms with Gasteiger partial charge in [0.25, 0.3) is 0 Å². The van der Waals surface area contributed by atoms with Crippen molar-refractivity contribution in [3.63, 3.8) is 0 Å². The third-order valence-corrected chi connectivity index (χ3v) is 4.31. The Morgan fingerprint density at radius 3 is 3.00 bits per heavy atom. The summed E-state index contributed by atoms with van der Waals surface area (Å²) in [4.78, 5) is 2.41. The summed E-state index contributed by atoms with van der Waals surface area (Å²) in [5, 5.41) is 3.57. The lowest BCUT2D eigenvalue weighted by atomic mass is 9.97. The minimum absolute atomic E-state index is 0.508. The molecule has 0 aromatic heterocycles. The molecule has 1 unspecified atom stereocenters. The summed E-state index contributed by atoms with van der Waals surface area (Å²) < 4.78 is 1.10. The maximum Gasteiger partial charge on any atom is 0.0496 e. The highest BCUT2D eigenvalue weighted by Crippen LogP contribution is 2.35. The molecule has 2 aliphatic heterocycles. The molecule has 3 heteroatoms. The molecule has 0 bridgehead atoms. The largest absolute Gasteiger partial charge is 0.357 e. The molecule has 1 aromatic carbocycles. The van der Waals surface area contributed by atoms with Gasteiger partial charge < -0.3 is 5.32 Å². The van der Waals surface area contributed by atoms with Gasteiger partial charge in [-0.15, -0.1) is 0 Å². The Morgan fingerprint density at radius 1 is 1.44 bits per heavy atom. The highest BCUT2D eigenvalue weighted by molar-refractivity contribution is 9.10. The summed E-state index contributed by atoms with van der Waals surface area (Å²) in [7, 11) is 2.19. The topological polar surface area (TPSA) is 15.3 Å². The van der Waals surface area contributed by atoms with E-state index in [0.717, 1.165) is 15.7 Å². The summed E-state index contributed by atoms with van der Waals surface area (Å²) in [5.74, 6) is 0. The van der Waals surface area contributed by atoms with Crippen molar-refractivity contribution in [1.29, 1.82) is 0 Å². The lowest BCUT2D eigenvalue weighted by molar-refractivity contribution is 0.346. The highest BCUT2D eigenvalue weighted by Gasteiger charge is 2.27. The Balaban J connectivity index is 1.95. The fourth-order valence-electron chi connectivity index (χ4n) is 2.84. The molecule has 2 heterocycles. The fourth-order valence-corrected chi connectivity index (χ4v) is 3.20. The van der Waals surface area contributed by atoms with Crippen LogP contribution in [0.25, 0.3) is 5.57 Å². The number of anilines is 1. The van der Waals surface area contributed by atoms with Crippen molar-refractivity contribution < 1.29 is 0 Å². The van der Waals surface area contributed by atoms with Gasteiger partial charge >= 0.3 is 0 Å². The molecule has 1 saturated heterocycles. The molecule has 2 aliphatic rings. The van der Waals surface area contributed by atoms with Crippen LogP contribution in [0.1, 0.15) is 18.4 Å². The molecule has 18 heavy (non-hydrogen) atoms. The second-order valence-corrected chi connectivity index (χ2v) is 5.99. The number of hydrogen-bond donors (Lipinski definition) is 1. The summed E-state index contributed by atoms with van der Waals surface area (Å²) in [5.41, 5.74) is 4.74. The monoisotopic (exact) mass is 304 g/mol. The van der Waals surface area contributed by atoms with E-state index in [0.29, 0.717) is 6.04 Å². The van der Waals surface area contributed by atoms with Crippen molar-refractivity contribution in [2.75, 3.05) is 18.9 Å². The van der Waals surface area contributed by atoms with Crippen LogP contribution in [0, 0.1) is 0 Å². The van der Waals surface area contributed by atoms with Gasteiger partial charge in [-0.1, -0.05) is 28.6 Å². The molecular weight excluding hydrogens is 288 g/mol. The Labute approximate surface area is 117 Å². The molecule has 0 radical (unpaired) electrons. The zero-order valence-electron chi connectivity index (χ0n) is 10.5. The Kier molecular flexibility index (Phi) is 3.04. The lowest BCUT2D eigenvalue weighted by Crippen LogP contribution is -2.31.